The van der Waals surface area contributed by atoms with Crippen LogP contribution >= 0.6 is 0 Å². The number of Topliss-reactive ketones (excluding diaryl/α,β-unsaturated/α-hetero) is 1. The Bertz CT molecular complexity index is 808. The highest BCUT2D eigenvalue weighted by Crippen LogP contribution is 2.23. The van der Waals surface area contributed by atoms with Crippen LogP contribution in [0.3, 0.4) is 0 Å². The molecule has 5 heteroatoms. The van der Waals surface area contributed by atoms with Crippen molar-refractivity contribution in [3.05, 3.63) is 53.7 Å². The molecule has 0 aliphatic heterocycles. The van der Waals surface area contributed by atoms with Crippen LogP contribution < -0.4 is 4.74 Å². The second-order valence-electron chi connectivity index (χ2n) is 4.78. The third kappa shape index (κ3) is 2.91. The molecule has 0 spiro atoms. The van der Waals surface area contributed by atoms with Gasteiger partial charge < -0.3 is 9.15 Å². The van der Waals surface area contributed by atoms with Gasteiger partial charge in [0.25, 0.3) is 5.89 Å². The molecule has 0 fully saturated rings. The number of carbonyl (C=O) groups is 1. The maximum Gasteiger partial charge on any atom is 0.253 e. The summed E-state index contributed by atoms with van der Waals surface area (Å²) in [6.07, 6.45) is 0. The zero-order valence-corrected chi connectivity index (χ0v) is 11.8. The maximum absolute atomic E-state index is 11.4. The summed E-state index contributed by atoms with van der Waals surface area (Å²) in [5.41, 5.74) is 0.706. The van der Waals surface area contributed by atoms with E-state index in [0.29, 0.717) is 23.1 Å². The molecule has 0 saturated heterocycles. The average molecular weight is 282 g/mol. The summed E-state index contributed by atoms with van der Waals surface area (Å²) in [6.45, 7) is 3.53. The van der Waals surface area contributed by atoms with Crippen molar-refractivity contribution in [3.8, 4) is 5.75 Å². The fourth-order valence-electron chi connectivity index (χ4n) is 2.07. The van der Waals surface area contributed by atoms with Gasteiger partial charge in [0, 0.05) is 12.5 Å². The van der Waals surface area contributed by atoms with E-state index in [9.17, 15) is 4.79 Å². The molecular weight excluding hydrogens is 268 g/mol. The highest BCUT2D eigenvalue weighted by atomic mass is 16.5. The normalized spacial score (nSPS) is 10.8. The van der Waals surface area contributed by atoms with Gasteiger partial charge in [-0.05, 0) is 35.9 Å². The van der Waals surface area contributed by atoms with Gasteiger partial charge in [0.2, 0.25) is 5.89 Å². The van der Waals surface area contributed by atoms with E-state index in [0.717, 1.165) is 10.8 Å². The Morgan fingerprint density at radius 1 is 1.14 bits per heavy atom. The monoisotopic (exact) mass is 282 g/mol. The van der Waals surface area contributed by atoms with Gasteiger partial charge in [0.05, 0.1) is 0 Å². The number of rotatable bonds is 4. The molecule has 0 aliphatic rings. The van der Waals surface area contributed by atoms with Crippen LogP contribution in [0.1, 0.15) is 29.1 Å². The molecule has 0 N–H and O–H groups in total. The number of benzene rings is 2. The van der Waals surface area contributed by atoms with E-state index in [1.807, 2.05) is 36.4 Å². The summed E-state index contributed by atoms with van der Waals surface area (Å²) in [6, 6.07) is 11.3. The first-order valence-corrected chi connectivity index (χ1v) is 6.58. The molecule has 1 heterocycles. The number of aryl methyl sites for hydroxylation is 1. The minimum absolute atomic E-state index is 0.0593. The van der Waals surface area contributed by atoms with Crippen molar-refractivity contribution < 1.29 is 13.9 Å². The predicted octanol–water partition coefficient (Wildman–Crippen LogP) is 3.31. The number of carbonyl (C=O) groups excluding carboxylic acids is 1. The van der Waals surface area contributed by atoms with Crippen LogP contribution in [0.25, 0.3) is 10.8 Å². The van der Waals surface area contributed by atoms with Gasteiger partial charge in [0.15, 0.2) is 12.4 Å². The summed E-state index contributed by atoms with van der Waals surface area (Å²) in [7, 11) is 0. The van der Waals surface area contributed by atoms with Crippen molar-refractivity contribution in [2.45, 2.75) is 20.5 Å². The third-order valence-corrected chi connectivity index (χ3v) is 3.15. The number of nitrogens with zero attached hydrogens (tertiary/aromatic N) is 2. The first kappa shape index (κ1) is 13.3. The van der Waals surface area contributed by atoms with Gasteiger partial charge in [-0.1, -0.05) is 18.2 Å². The van der Waals surface area contributed by atoms with Gasteiger partial charge in [-0.25, -0.2) is 0 Å². The van der Waals surface area contributed by atoms with Crippen LogP contribution in [0.5, 0.6) is 5.75 Å². The summed E-state index contributed by atoms with van der Waals surface area (Å²) < 4.78 is 10.9. The Balaban J connectivity index is 1.80. The van der Waals surface area contributed by atoms with Gasteiger partial charge in [0.1, 0.15) is 5.75 Å². The molecule has 0 bridgehead atoms. The van der Waals surface area contributed by atoms with Gasteiger partial charge in [-0.15, -0.1) is 10.2 Å². The van der Waals surface area contributed by atoms with E-state index in [1.165, 1.54) is 0 Å². The molecule has 106 valence electrons. The molecule has 5 nitrogen and oxygen atoms in total. The van der Waals surface area contributed by atoms with E-state index >= 15 is 0 Å². The van der Waals surface area contributed by atoms with E-state index in [4.69, 9.17) is 9.15 Å². The number of aromatic nitrogens is 2. The summed E-state index contributed by atoms with van der Waals surface area (Å²) in [5.74, 6) is 1.74. The summed E-state index contributed by atoms with van der Waals surface area (Å²) in [4.78, 5) is 11.4. The average Bonchev–Trinajstić information content (AvgIpc) is 2.90. The maximum atomic E-state index is 11.4. The lowest BCUT2D eigenvalue weighted by molar-refractivity contribution is 0.101. The summed E-state index contributed by atoms with van der Waals surface area (Å²) >= 11 is 0. The molecule has 3 rings (SSSR count). The Morgan fingerprint density at radius 2 is 1.90 bits per heavy atom. The van der Waals surface area contributed by atoms with E-state index in [1.54, 1.807) is 13.8 Å². The third-order valence-electron chi connectivity index (χ3n) is 3.15. The largest absolute Gasteiger partial charge is 0.484 e. The zero-order valence-electron chi connectivity index (χ0n) is 11.8. The molecule has 1 aromatic heterocycles. The lowest BCUT2D eigenvalue weighted by atomic mass is 10.0. The Morgan fingerprint density at radius 3 is 2.62 bits per heavy atom. The van der Waals surface area contributed by atoms with Crippen LogP contribution in [0.2, 0.25) is 0 Å². The van der Waals surface area contributed by atoms with Crippen LogP contribution in [0, 0.1) is 6.92 Å². The summed E-state index contributed by atoms with van der Waals surface area (Å²) in [5, 5.41) is 9.64. The molecule has 21 heavy (non-hydrogen) atoms. The van der Waals surface area contributed by atoms with Gasteiger partial charge in [-0.3, -0.25) is 4.79 Å². The van der Waals surface area contributed by atoms with Crippen molar-refractivity contribution in [2.75, 3.05) is 0 Å². The number of ether oxygens (including phenoxy) is 1. The molecule has 0 saturated carbocycles. The first-order chi connectivity index (χ1) is 10.1. The van der Waals surface area contributed by atoms with Crippen molar-refractivity contribution in [1.29, 1.82) is 0 Å². The van der Waals surface area contributed by atoms with Gasteiger partial charge >= 0.3 is 0 Å². The van der Waals surface area contributed by atoms with Crippen LogP contribution in [0.15, 0.2) is 40.8 Å². The second-order valence-corrected chi connectivity index (χ2v) is 4.78. The Labute approximate surface area is 121 Å². The minimum Gasteiger partial charge on any atom is -0.484 e. The van der Waals surface area contributed by atoms with Crippen LogP contribution in [0.4, 0.5) is 0 Å². The number of ketones is 1. The quantitative estimate of drug-likeness (QED) is 0.687. The van der Waals surface area contributed by atoms with Crippen molar-refractivity contribution in [1.82, 2.24) is 10.2 Å². The fraction of sp³-hybridized carbons (Fsp3) is 0.188. The van der Waals surface area contributed by atoms with Crippen LogP contribution in [-0.4, -0.2) is 16.0 Å². The van der Waals surface area contributed by atoms with E-state index < -0.39 is 0 Å². The molecule has 2 aromatic carbocycles. The highest BCUT2D eigenvalue weighted by Gasteiger charge is 2.05. The first-order valence-electron chi connectivity index (χ1n) is 6.58. The number of hydrogen-bond acceptors (Lipinski definition) is 5. The topological polar surface area (TPSA) is 65.2 Å². The Hall–Kier alpha value is -2.69. The van der Waals surface area contributed by atoms with E-state index in [-0.39, 0.29) is 12.4 Å². The lowest BCUT2D eigenvalue weighted by Crippen LogP contribution is -1.96. The predicted molar refractivity (Wildman–Crippen MR) is 77.3 cm³/mol. The molecule has 3 aromatic rings. The molecule has 0 unspecified atom stereocenters. The highest BCUT2D eigenvalue weighted by molar-refractivity contribution is 5.98. The smallest absolute Gasteiger partial charge is 0.253 e. The minimum atomic E-state index is 0.0593. The molecule has 0 amide bonds. The van der Waals surface area contributed by atoms with Crippen molar-refractivity contribution in [3.63, 3.8) is 0 Å². The van der Waals surface area contributed by atoms with Crippen molar-refractivity contribution in [2.24, 2.45) is 0 Å². The number of fused-ring (bicyclic) bond motifs is 1. The van der Waals surface area contributed by atoms with Crippen molar-refractivity contribution >= 4 is 16.6 Å². The number of hydrogen-bond donors (Lipinski definition) is 0. The molecular formula is C16H14N2O3. The SMILES string of the molecule is CC(=O)c1ccc2cc(OCc3nnc(C)o3)ccc2c1. The van der Waals surface area contributed by atoms with E-state index in [2.05, 4.69) is 10.2 Å². The lowest BCUT2D eigenvalue weighted by Gasteiger charge is -2.06. The molecule has 0 atom stereocenters. The zero-order chi connectivity index (χ0) is 14.8. The molecule has 0 radical (unpaired) electrons. The fourth-order valence-corrected chi connectivity index (χ4v) is 2.07. The standard InChI is InChI=1S/C16H14N2O3/c1-10(19)12-3-4-14-8-15(6-5-13(14)7-12)20-9-16-18-17-11(2)21-16/h3-8H,9H2,1-2H3. The molecule has 0 aliphatic carbocycles. The van der Waals surface area contributed by atoms with Gasteiger partial charge in [-0.2, -0.15) is 0 Å². The Kier molecular flexibility index (Phi) is 3.39. The second kappa shape index (κ2) is 5.36. The van der Waals surface area contributed by atoms with Crippen LogP contribution in [-0.2, 0) is 6.61 Å².